The lowest BCUT2D eigenvalue weighted by molar-refractivity contribution is -0.178. The van der Waals surface area contributed by atoms with Crippen molar-refractivity contribution in [1.82, 2.24) is 0 Å². The molecule has 6 heteroatoms. The topological polar surface area (TPSA) is 65.0 Å². The lowest BCUT2D eigenvalue weighted by Gasteiger charge is -2.15. The lowest BCUT2D eigenvalue weighted by atomic mass is 9.96. The van der Waals surface area contributed by atoms with Gasteiger partial charge in [-0.2, -0.15) is 0 Å². The van der Waals surface area contributed by atoms with E-state index in [1.807, 2.05) is 0 Å². The maximum Gasteiger partial charge on any atom is 0.316 e. The molecule has 2 aliphatic rings. The summed E-state index contributed by atoms with van der Waals surface area (Å²) >= 11 is 0. The van der Waals surface area contributed by atoms with Gasteiger partial charge in [-0.05, 0) is 30.5 Å². The highest BCUT2D eigenvalue weighted by Crippen LogP contribution is 2.51. The zero-order valence-corrected chi connectivity index (χ0v) is 9.80. The van der Waals surface area contributed by atoms with E-state index < -0.39 is 11.3 Å². The second-order valence-electron chi connectivity index (χ2n) is 4.57. The molecule has 1 aromatic carbocycles. The molecule has 1 aliphatic carbocycles. The van der Waals surface area contributed by atoms with Crippen molar-refractivity contribution in [3.63, 3.8) is 0 Å². The van der Waals surface area contributed by atoms with Crippen LogP contribution in [0.3, 0.4) is 0 Å². The van der Waals surface area contributed by atoms with Gasteiger partial charge < -0.3 is 19.3 Å². The van der Waals surface area contributed by atoms with Crippen LogP contribution in [0, 0.1) is 0 Å². The molecule has 92 valence electrons. The lowest BCUT2D eigenvalue weighted by Crippen LogP contribution is -2.38. The first kappa shape index (κ1) is 11.4. The van der Waals surface area contributed by atoms with Crippen molar-refractivity contribution < 1.29 is 24.1 Å². The summed E-state index contributed by atoms with van der Waals surface area (Å²) in [6.07, 6.45) is 1.48. The van der Waals surface area contributed by atoms with E-state index in [9.17, 15) is 9.90 Å². The van der Waals surface area contributed by atoms with E-state index in [0.717, 1.165) is 18.4 Å². The quantitative estimate of drug-likeness (QED) is 0.605. The Hall–Kier alpha value is -1.69. The fourth-order valence-electron chi connectivity index (χ4n) is 2.24. The molecule has 0 spiro atoms. The molecule has 0 bridgehead atoms. The molecule has 0 saturated heterocycles. The number of hydrogen-bond donors (Lipinski definition) is 1. The van der Waals surface area contributed by atoms with Crippen LogP contribution in [-0.4, -0.2) is 31.9 Å². The molecule has 1 aliphatic heterocycles. The fraction of sp³-hybridized carbons (Fsp3) is 0.417. The van der Waals surface area contributed by atoms with E-state index in [0.29, 0.717) is 11.5 Å². The highest BCUT2D eigenvalue weighted by molar-refractivity contribution is 6.12. The van der Waals surface area contributed by atoms with E-state index in [1.54, 1.807) is 18.2 Å². The second kappa shape index (κ2) is 3.41. The van der Waals surface area contributed by atoms with E-state index in [2.05, 4.69) is 0 Å². The van der Waals surface area contributed by atoms with Gasteiger partial charge in [0, 0.05) is 0 Å². The van der Waals surface area contributed by atoms with Crippen molar-refractivity contribution in [3.8, 4) is 11.5 Å². The average Bonchev–Trinajstić information content (AvgIpc) is 3.05. The molecule has 1 fully saturated rings. The highest BCUT2D eigenvalue weighted by Gasteiger charge is 2.53. The molecule has 1 aromatic rings. The molecular weight excluding hydrogens is 235 g/mol. The SMILES string of the molecule is [B]C1(O)Oc2ccc(C3(C(=O)OC)CC3)cc2O1. The Bertz CT molecular complexity index is 521. The molecule has 0 aromatic heterocycles. The third-order valence-corrected chi connectivity index (χ3v) is 3.33. The van der Waals surface area contributed by atoms with Gasteiger partial charge in [-0.25, -0.2) is 0 Å². The summed E-state index contributed by atoms with van der Waals surface area (Å²) in [6.45, 7) is 0. The number of rotatable bonds is 2. The fourth-order valence-corrected chi connectivity index (χ4v) is 2.24. The maximum atomic E-state index is 11.8. The molecule has 2 radical (unpaired) electrons. The summed E-state index contributed by atoms with van der Waals surface area (Å²) in [5.74, 6) is -1.72. The third-order valence-electron chi connectivity index (χ3n) is 3.33. The third kappa shape index (κ3) is 1.56. The Morgan fingerprint density at radius 2 is 2.06 bits per heavy atom. The molecule has 5 nitrogen and oxygen atoms in total. The van der Waals surface area contributed by atoms with Gasteiger partial charge >= 0.3 is 11.8 Å². The van der Waals surface area contributed by atoms with Gasteiger partial charge in [0.2, 0.25) is 7.85 Å². The smallest absolute Gasteiger partial charge is 0.316 e. The van der Waals surface area contributed by atoms with Crippen LogP contribution in [0.5, 0.6) is 11.5 Å². The maximum absolute atomic E-state index is 11.8. The minimum Gasteiger partial charge on any atom is -0.468 e. The number of carbonyl (C=O) groups excluding carboxylic acids is 1. The Morgan fingerprint density at radius 1 is 1.39 bits per heavy atom. The van der Waals surface area contributed by atoms with Crippen LogP contribution >= 0.6 is 0 Å². The first-order valence-electron chi connectivity index (χ1n) is 5.59. The molecule has 1 unspecified atom stereocenters. The predicted octanol–water partition coefficient (Wildman–Crippen LogP) is 0.434. The van der Waals surface area contributed by atoms with E-state index >= 15 is 0 Å². The first-order chi connectivity index (χ1) is 8.47. The van der Waals surface area contributed by atoms with E-state index in [1.165, 1.54) is 7.11 Å². The van der Waals surface area contributed by atoms with Crippen molar-refractivity contribution in [1.29, 1.82) is 0 Å². The van der Waals surface area contributed by atoms with Gasteiger partial charge in [0.25, 0.3) is 0 Å². The Kier molecular flexibility index (Phi) is 2.16. The van der Waals surface area contributed by atoms with Crippen LogP contribution in [0.25, 0.3) is 0 Å². The summed E-state index contributed by atoms with van der Waals surface area (Å²) in [7, 11) is 6.68. The molecule has 3 rings (SSSR count). The monoisotopic (exact) mass is 246 g/mol. The van der Waals surface area contributed by atoms with Gasteiger partial charge in [-0.15, -0.1) is 0 Å². The standard InChI is InChI=1S/C12H11BO5/c1-16-10(14)11(4-5-11)7-2-3-8-9(6-7)18-12(13,15)17-8/h2-3,6,15H,4-5H2,1H3. The zero-order valence-electron chi connectivity index (χ0n) is 9.80. The van der Waals surface area contributed by atoms with Crippen molar-refractivity contribution in [2.24, 2.45) is 0 Å². The van der Waals surface area contributed by atoms with Crippen LogP contribution in [0.15, 0.2) is 18.2 Å². The number of carbonyl (C=O) groups is 1. The highest BCUT2D eigenvalue weighted by atomic mass is 16.8. The van der Waals surface area contributed by atoms with Crippen LogP contribution in [0.1, 0.15) is 18.4 Å². The number of hydrogen-bond acceptors (Lipinski definition) is 5. The Morgan fingerprint density at radius 3 is 2.67 bits per heavy atom. The minimum atomic E-state index is -2.14. The molecular formula is C12H11BO5. The summed E-state index contributed by atoms with van der Waals surface area (Å²) in [4.78, 5) is 11.8. The van der Waals surface area contributed by atoms with Gasteiger partial charge in [0.1, 0.15) is 0 Å². The van der Waals surface area contributed by atoms with Crippen LogP contribution < -0.4 is 9.47 Å². The van der Waals surface area contributed by atoms with Gasteiger partial charge in [-0.3, -0.25) is 4.79 Å². The van der Waals surface area contributed by atoms with Crippen LogP contribution in [0.2, 0.25) is 0 Å². The number of ether oxygens (including phenoxy) is 3. The zero-order chi connectivity index (χ0) is 13.0. The summed E-state index contributed by atoms with van der Waals surface area (Å²) < 4.78 is 14.8. The van der Waals surface area contributed by atoms with Gasteiger partial charge in [-0.1, -0.05) is 6.07 Å². The van der Waals surface area contributed by atoms with Crippen molar-refractivity contribution in [2.75, 3.05) is 7.11 Å². The minimum absolute atomic E-state index is 0.260. The average molecular weight is 246 g/mol. The predicted molar refractivity (Wildman–Crippen MR) is 61.3 cm³/mol. The molecule has 1 saturated carbocycles. The first-order valence-corrected chi connectivity index (χ1v) is 5.59. The van der Waals surface area contributed by atoms with Crippen molar-refractivity contribution in [3.05, 3.63) is 23.8 Å². The Labute approximate surface area is 105 Å². The van der Waals surface area contributed by atoms with Crippen LogP contribution in [0.4, 0.5) is 0 Å². The van der Waals surface area contributed by atoms with Gasteiger partial charge in [0.05, 0.1) is 12.5 Å². The van der Waals surface area contributed by atoms with E-state index in [4.69, 9.17) is 22.1 Å². The summed E-state index contributed by atoms with van der Waals surface area (Å²) in [5, 5.41) is 9.42. The summed E-state index contributed by atoms with van der Waals surface area (Å²) in [6, 6.07) is 5.04. The number of benzene rings is 1. The molecule has 18 heavy (non-hydrogen) atoms. The summed E-state index contributed by atoms with van der Waals surface area (Å²) in [5.41, 5.74) is 0.206. The van der Waals surface area contributed by atoms with Gasteiger partial charge in [0.15, 0.2) is 11.5 Å². The molecule has 0 amide bonds. The van der Waals surface area contributed by atoms with Crippen LogP contribution in [-0.2, 0) is 14.9 Å². The molecule has 1 atom stereocenters. The normalized spacial score (nSPS) is 26.8. The Balaban J connectivity index is 1.96. The number of esters is 1. The second-order valence-corrected chi connectivity index (χ2v) is 4.57. The molecule has 1 heterocycles. The van der Waals surface area contributed by atoms with Crippen molar-refractivity contribution >= 4 is 13.8 Å². The number of fused-ring (bicyclic) bond motifs is 1. The van der Waals surface area contributed by atoms with E-state index in [-0.39, 0.29) is 5.97 Å². The molecule has 1 N–H and O–H groups in total. The van der Waals surface area contributed by atoms with Crippen molar-refractivity contribution in [2.45, 2.75) is 24.1 Å². The number of aliphatic hydroxyl groups is 1. The largest absolute Gasteiger partial charge is 0.468 e. The number of methoxy groups -OCH3 is 1.